The van der Waals surface area contributed by atoms with E-state index in [2.05, 4.69) is 9.97 Å². The van der Waals surface area contributed by atoms with Crippen molar-refractivity contribution in [2.75, 3.05) is 49.8 Å². The molecule has 3 rings (SSSR count). The summed E-state index contributed by atoms with van der Waals surface area (Å²) in [5.41, 5.74) is -0.279. The predicted octanol–water partition coefficient (Wildman–Crippen LogP) is 1.75. The molecular formula is C19H25N5O7. The minimum absolute atomic E-state index is 0.0324. The zero-order valence-corrected chi connectivity index (χ0v) is 17.4. The Morgan fingerprint density at radius 2 is 2.06 bits per heavy atom. The van der Waals surface area contributed by atoms with Crippen molar-refractivity contribution in [2.24, 2.45) is 0 Å². The molecule has 1 fully saturated rings. The van der Waals surface area contributed by atoms with Crippen LogP contribution >= 0.6 is 0 Å². The van der Waals surface area contributed by atoms with Gasteiger partial charge in [0.1, 0.15) is 12.1 Å². The van der Waals surface area contributed by atoms with E-state index >= 15 is 0 Å². The minimum atomic E-state index is -0.531. The lowest BCUT2D eigenvalue weighted by atomic mass is 10.3. The third kappa shape index (κ3) is 5.89. The molecule has 1 saturated heterocycles. The Hall–Kier alpha value is -3.25. The van der Waals surface area contributed by atoms with E-state index in [1.165, 1.54) is 12.6 Å². The standard InChI is InChI=1S/C19H25N5O7/c1-3-28-15(25)6-7-23(11-14-5-4-8-29-14)19-17(24(26)27)18(20-13-21-19)22(2)12-16-30-9-10-31-16/h4-5,8,13,16H,3,6-7,9-12H2,1-2H3. The van der Waals surface area contributed by atoms with Crippen LogP contribution in [0.4, 0.5) is 17.3 Å². The molecule has 168 valence electrons. The van der Waals surface area contributed by atoms with Gasteiger partial charge in [-0.1, -0.05) is 0 Å². The zero-order valence-electron chi connectivity index (χ0n) is 17.4. The van der Waals surface area contributed by atoms with Gasteiger partial charge in [0.25, 0.3) is 0 Å². The van der Waals surface area contributed by atoms with Crippen molar-refractivity contribution in [1.82, 2.24) is 9.97 Å². The van der Waals surface area contributed by atoms with E-state index in [9.17, 15) is 14.9 Å². The number of carbonyl (C=O) groups excluding carboxylic acids is 1. The Balaban J connectivity index is 1.90. The minimum Gasteiger partial charge on any atom is -0.467 e. The number of anilines is 2. The van der Waals surface area contributed by atoms with E-state index in [0.717, 1.165) is 0 Å². The molecule has 1 aliphatic rings. The van der Waals surface area contributed by atoms with Gasteiger partial charge < -0.3 is 28.4 Å². The van der Waals surface area contributed by atoms with Gasteiger partial charge in [0.05, 0.1) is 50.5 Å². The van der Waals surface area contributed by atoms with Crippen LogP contribution < -0.4 is 9.80 Å². The van der Waals surface area contributed by atoms with Crippen LogP contribution in [-0.2, 0) is 25.5 Å². The van der Waals surface area contributed by atoms with Crippen LogP contribution in [-0.4, -0.2) is 67.1 Å². The van der Waals surface area contributed by atoms with E-state index in [0.29, 0.717) is 19.0 Å². The number of aromatic nitrogens is 2. The third-order valence-electron chi connectivity index (χ3n) is 4.56. The molecule has 12 nitrogen and oxygen atoms in total. The monoisotopic (exact) mass is 435 g/mol. The van der Waals surface area contributed by atoms with Gasteiger partial charge in [-0.2, -0.15) is 0 Å². The summed E-state index contributed by atoms with van der Waals surface area (Å²) in [6.45, 7) is 3.51. The van der Waals surface area contributed by atoms with Crippen molar-refractivity contribution in [2.45, 2.75) is 26.2 Å². The Bertz CT molecular complexity index is 871. The highest BCUT2D eigenvalue weighted by molar-refractivity contribution is 5.73. The summed E-state index contributed by atoms with van der Waals surface area (Å²) in [5.74, 6) is 0.362. The summed E-state index contributed by atoms with van der Waals surface area (Å²) >= 11 is 0. The summed E-state index contributed by atoms with van der Waals surface area (Å²) in [6, 6.07) is 3.46. The molecule has 12 heteroatoms. The molecule has 0 aliphatic carbocycles. The second-order valence-corrected chi connectivity index (χ2v) is 6.73. The Kier molecular flexibility index (Phi) is 7.73. The normalized spacial score (nSPS) is 13.9. The molecule has 1 aliphatic heterocycles. The lowest BCUT2D eigenvalue weighted by molar-refractivity contribution is -0.383. The fourth-order valence-corrected chi connectivity index (χ4v) is 3.17. The highest BCUT2D eigenvalue weighted by atomic mass is 16.7. The molecule has 0 atom stereocenters. The quantitative estimate of drug-likeness (QED) is 0.290. The van der Waals surface area contributed by atoms with Crippen molar-refractivity contribution < 1.29 is 28.3 Å². The first-order chi connectivity index (χ1) is 15.0. The van der Waals surface area contributed by atoms with E-state index in [1.807, 2.05) is 0 Å². The summed E-state index contributed by atoms with van der Waals surface area (Å²) in [5, 5.41) is 12.0. The number of esters is 1. The second kappa shape index (κ2) is 10.7. The molecule has 0 saturated carbocycles. The Labute approximate surface area is 178 Å². The van der Waals surface area contributed by atoms with Gasteiger partial charge in [0.2, 0.25) is 11.6 Å². The molecule has 0 spiro atoms. The molecule has 0 bridgehead atoms. The summed E-state index contributed by atoms with van der Waals surface area (Å²) in [7, 11) is 1.67. The van der Waals surface area contributed by atoms with Crippen LogP contribution in [0.2, 0.25) is 0 Å². The maximum Gasteiger partial charge on any atom is 0.353 e. The number of nitrogens with zero attached hydrogens (tertiary/aromatic N) is 5. The van der Waals surface area contributed by atoms with Gasteiger partial charge in [-0.3, -0.25) is 14.9 Å². The van der Waals surface area contributed by atoms with Crippen LogP contribution in [0.1, 0.15) is 19.1 Å². The van der Waals surface area contributed by atoms with E-state index in [1.54, 1.807) is 35.9 Å². The van der Waals surface area contributed by atoms with Crippen molar-refractivity contribution in [3.8, 4) is 0 Å². The van der Waals surface area contributed by atoms with Crippen LogP contribution in [0.15, 0.2) is 29.1 Å². The zero-order chi connectivity index (χ0) is 22.2. The molecule has 0 radical (unpaired) electrons. The molecule has 0 N–H and O–H groups in total. The summed E-state index contributed by atoms with van der Waals surface area (Å²) in [4.78, 5) is 34.9. The fraction of sp³-hybridized carbons (Fsp3) is 0.526. The van der Waals surface area contributed by atoms with Gasteiger partial charge >= 0.3 is 11.7 Å². The van der Waals surface area contributed by atoms with Crippen LogP contribution in [0, 0.1) is 10.1 Å². The molecule has 0 unspecified atom stereocenters. The molecule has 2 aromatic rings. The van der Waals surface area contributed by atoms with Crippen molar-refractivity contribution in [3.05, 3.63) is 40.6 Å². The summed E-state index contributed by atoms with van der Waals surface area (Å²) in [6.07, 6.45) is 2.30. The van der Waals surface area contributed by atoms with E-state index in [-0.39, 0.29) is 50.0 Å². The number of carbonyl (C=O) groups is 1. The molecule has 0 aromatic carbocycles. The highest BCUT2D eigenvalue weighted by Crippen LogP contribution is 2.34. The highest BCUT2D eigenvalue weighted by Gasteiger charge is 2.31. The summed E-state index contributed by atoms with van der Waals surface area (Å²) < 4.78 is 21.2. The molecule has 3 heterocycles. The van der Waals surface area contributed by atoms with Crippen molar-refractivity contribution in [3.63, 3.8) is 0 Å². The maximum absolute atomic E-state index is 12.0. The lowest BCUT2D eigenvalue weighted by Gasteiger charge is -2.25. The first kappa shape index (κ1) is 22.4. The average molecular weight is 435 g/mol. The van der Waals surface area contributed by atoms with E-state index < -0.39 is 17.2 Å². The number of hydrogen-bond donors (Lipinski definition) is 0. The maximum atomic E-state index is 12.0. The number of nitro groups is 1. The van der Waals surface area contributed by atoms with Crippen LogP contribution in [0.25, 0.3) is 0 Å². The molecular weight excluding hydrogens is 410 g/mol. The number of likely N-dealkylation sites (N-methyl/N-ethyl adjacent to an activating group) is 1. The predicted molar refractivity (Wildman–Crippen MR) is 109 cm³/mol. The molecule has 2 aromatic heterocycles. The molecule has 0 amide bonds. The van der Waals surface area contributed by atoms with E-state index in [4.69, 9.17) is 18.6 Å². The number of hydrogen-bond acceptors (Lipinski definition) is 11. The average Bonchev–Trinajstić information content (AvgIpc) is 3.45. The largest absolute Gasteiger partial charge is 0.467 e. The Morgan fingerprint density at radius 1 is 1.32 bits per heavy atom. The lowest BCUT2D eigenvalue weighted by Crippen LogP contribution is -2.32. The first-order valence-electron chi connectivity index (χ1n) is 9.86. The van der Waals surface area contributed by atoms with Crippen molar-refractivity contribution in [1.29, 1.82) is 0 Å². The third-order valence-corrected chi connectivity index (χ3v) is 4.56. The van der Waals surface area contributed by atoms with Gasteiger partial charge in [-0.15, -0.1) is 0 Å². The number of rotatable bonds is 11. The topological polar surface area (TPSA) is 133 Å². The van der Waals surface area contributed by atoms with Gasteiger partial charge in [0, 0.05) is 13.6 Å². The first-order valence-corrected chi connectivity index (χ1v) is 9.86. The van der Waals surface area contributed by atoms with Crippen LogP contribution in [0.3, 0.4) is 0 Å². The number of ether oxygens (including phenoxy) is 3. The molecule has 31 heavy (non-hydrogen) atoms. The Morgan fingerprint density at radius 3 is 2.71 bits per heavy atom. The van der Waals surface area contributed by atoms with Gasteiger partial charge in [-0.05, 0) is 19.1 Å². The van der Waals surface area contributed by atoms with Crippen molar-refractivity contribution >= 4 is 23.3 Å². The number of furan rings is 1. The van der Waals surface area contributed by atoms with Gasteiger partial charge in [-0.25, -0.2) is 9.97 Å². The van der Waals surface area contributed by atoms with Gasteiger partial charge in [0.15, 0.2) is 6.29 Å². The van der Waals surface area contributed by atoms with Crippen LogP contribution in [0.5, 0.6) is 0 Å². The SMILES string of the molecule is CCOC(=O)CCN(Cc1ccco1)c1ncnc(N(C)CC2OCCO2)c1[N+](=O)[O-]. The second-order valence-electron chi connectivity index (χ2n) is 6.73. The fourth-order valence-electron chi connectivity index (χ4n) is 3.17. The smallest absolute Gasteiger partial charge is 0.353 e.